The first-order valence-corrected chi connectivity index (χ1v) is 7.27. The highest BCUT2D eigenvalue weighted by Crippen LogP contribution is 2.09. The molecular formula is C9H14N4O4S. The minimum atomic E-state index is -3.19. The number of carbonyl (C=O) groups excluding carboxylic acids is 1. The third kappa shape index (κ3) is 2.67. The first kappa shape index (κ1) is 13.0. The van der Waals surface area contributed by atoms with Gasteiger partial charge in [0.15, 0.2) is 0 Å². The maximum Gasteiger partial charge on any atom is 0.311 e. The molecule has 0 unspecified atom stereocenters. The number of hydrogen-bond donors (Lipinski definition) is 0. The summed E-state index contributed by atoms with van der Waals surface area (Å²) >= 11 is 0. The molecule has 0 saturated carbocycles. The van der Waals surface area contributed by atoms with Gasteiger partial charge in [0.05, 0.1) is 6.26 Å². The van der Waals surface area contributed by atoms with E-state index in [0.29, 0.717) is 19.0 Å². The lowest BCUT2D eigenvalue weighted by Gasteiger charge is -2.32. The Balaban J connectivity index is 2.00. The van der Waals surface area contributed by atoms with Crippen molar-refractivity contribution in [2.45, 2.75) is 6.92 Å². The van der Waals surface area contributed by atoms with Crippen LogP contribution in [-0.2, 0) is 10.0 Å². The summed E-state index contributed by atoms with van der Waals surface area (Å²) in [5, 5.41) is 7.24. The second-order valence-corrected chi connectivity index (χ2v) is 6.06. The molecule has 0 bridgehead atoms. The van der Waals surface area contributed by atoms with Crippen LogP contribution >= 0.6 is 0 Å². The van der Waals surface area contributed by atoms with E-state index in [0.717, 1.165) is 6.26 Å². The van der Waals surface area contributed by atoms with E-state index in [1.54, 1.807) is 6.92 Å². The number of piperazine rings is 1. The second-order valence-electron chi connectivity index (χ2n) is 4.08. The molecule has 9 heteroatoms. The summed E-state index contributed by atoms with van der Waals surface area (Å²) < 4.78 is 29.0. The fourth-order valence-corrected chi connectivity index (χ4v) is 2.57. The van der Waals surface area contributed by atoms with Crippen LogP contribution in [0.1, 0.15) is 16.6 Å². The number of hydrogen-bond acceptors (Lipinski definition) is 6. The standard InChI is InChI=1S/C9H14N4O4S/c1-7-10-11-8(17-7)9(14)12-3-5-13(6-4-12)18(2,15)16/h3-6H2,1-2H3. The van der Waals surface area contributed by atoms with Crippen LogP contribution in [0.25, 0.3) is 0 Å². The molecule has 0 N–H and O–H groups in total. The van der Waals surface area contributed by atoms with E-state index < -0.39 is 10.0 Å². The van der Waals surface area contributed by atoms with E-state index in [1.165, 1.54) is 9.21 Å². The number of aryl methyl sites for hydroxylation is 1. The third-order valence-electron chi connectivity index (χ3n) is 2.70. The SMILES string of the molecule is Cc1nnc(C(=O)N2CCN(S(C)(=O)=O)CC2)o1. The lowest BCUT2D eigenvalue weighted by Crippen LogP contribution is -2.50. The summed E-state index contributed by atoms with van der Waals surface area (Å²) in [5.41, 5.74) is 0. The summed E-state index contributed by atoms with van der Waals surface area (Å²) in [4.78, 5) is 13.4. The van der Waals surface area contributed by atoms with Crippen molar-refractivity contribution in [1.29, 1.82) is 0 Å². The fraction of sp³-hybridized carbons (Fsp3) is 0.667. The second kappa shape index (κ2) is 4.65. The highest BCUT2D eigenvalue weighted by molar-refractivity contribution is 7.88. The molecule has 0 aromatic carbocycles. The highest BCUT2D eigenvalue weighted by atomic mass is 32.2. The molecule has 0 radical (unpaired) electrons. The molecule has 0 aliphatic carbocycles. The number of amides is 1. The summed E-state index contributed by atoms with van der Waals surface area (Å²) in [5.74, 6) is -0.0859. The zero-order chi connectivity index (χ0) is 13.3. The molecule has 1 aliphatic heterocycles. The highest BCUT2D eigenvalue weighted by Gasteiger charge is 2.28. The lowest BCUT2D eigenvalue weighted by atomic mass is 10.3. The van der Waals surface area contributed by atoms with Crippen LogP contribution < -0.4 is 0 Å². The number of rotatable bonds is 2. The fourth-order valence-electron chi connectivity index (χ4n) is 1.74. The van der Waals surface area contributed by atoms with Crippen molar-refractivity contribution in [3.63, 3.8) is 0 Å². The molecule has 1 fully saturated rings. The third-order valence-corrected chi connectivity index (χ3v) is 4.01. The van der Waals surface area contributed by atoms with Gasteiger partial charge in [0.1, 0.15) is 0 Å². The first-order valence-electron chi connectivity index (χ1n) is 5.42. The zero-order valence-corrected chi connectivity index (χ0v) is 11.0. The van der Waals surface area contributed by atoms with Gasteiger partial charge in [-0.25, -0.2) is 8.42 Å². The van der Waals surface area contributed by atoms with Crippen LogP contribution in [0, 0.1) is 6.92 Å². The van der Waals surface area contributed by atoms with Crippen LogP contribution in [0.2, 0.25) is 0 Å². The maximum absolute atomic E-state index is 11.9. The van der Waals surface area contributed by atoms with E-state index in [2.05, 4.69) is 10.2 Å². The van der Waals surface area contributed by atoms with Gasteiger partial charge in [-0.05, 0) is 0 Å². The molecule has 1 aromatic heterocycles. The number of carbonyl (C=O) groups is 1. The van der Waals surface area contributed by atoms with E-state index in [4.69, 9.17) is 4.42 Å². The zero-order valence-electron chi connectivity index (χ0n) is 10.2. The monoisotopic (exact) mass is 274 g/mol. The van der Waals surface area contributed by atoms with Gasteiger partial charge in [0.2, 0.25) is 15.9 Å². The molecule has 100 valence electrons. The summed E-state index contributed by atoms with van der Waals surface area (Å²) in [6.45, 7) is 2.83. The van der Waals surface area contributed by atoms with Crippen LogP contribution in [0.15, 0.2) is 4.42 Å². The Hall–Kier alpha value is -1.48. The summed E-state index contributed by atoms with van der Waals surface area (Å²) in [6, 6.07) is 0. The summed E-state index contributed by atoms with van der Waals surface area (Å²) in [7, 11) is -3.19. The van der Waals surface area contributed by atoms with Gasteiger partial charge in [-0.1, -0.05) is 0 Å². The largest absolute Gasteiger partial charge is 0.417 e. The molecular weight excluding hydrogens is 260 g/mol. The smallest absolute Gasteiger partial charge is 0.311 e. The predicted octanol–water partition coefficient (Wildman–Crippen LogP) is -0.905. The Kier molecular flexibility index (Phi) is 3.35. The van der Waals surface area contributed by atoms with Gasteiger partial charge in [0.25, 0.3) is 0 Å². The number of nitrogens with zero attached hydrogens (tertiary/aromatic N) is 4. The van der Waals surface area contributed by atoms with Crippen molar-refractivity contribution in [2.75, 3.05) is 32.4 Å². The van der Waals surface area contributed by atoms with Crippen LogP contribution in [0.5, 0.6) is 0 Å². The molecule has 18 heavy (non-hydrogen) atoms. The molecule has 1 aliphatic rings. The van der Waals surface area contributed by atoms with Gasteiger partial charge in [0, 0.05) is 33.1 Å². The molecule has 0 spiro atoms. The van der Waals surface area contributed by atoms with Crippen molar-refractivity contribution >= 4 is 15.9 Å². The average Bonchev–Trinajstić information content (AvgIpc) is 2.74. The number of sulfonamides is 1. The molecule has 1 aromatic rings. The predicted molar refractivity (Wildman–Crippen MR) is 61.4 cm³/mol. The van der Waals surface area contributed by atoms with Crippen molar-refractivity contribution < 1.29 is 17.6 Å². The van der Waals surface area contributed by atoms with E-state index in [9.17, 15) is 13.2 Å². The molecule has 8 nitrogen and oxygen atoms in total. The van der Waals surface area contributed by atoms with Crippen molar-refractivity contribution in [3.8, 4) is 0 Å². The van der Waals surface area contributed by atoms with E-state index >= 15 is 0 Å². The van der Waals surface area contributed by atoms with Crippen LogP contribution in [0.3, 0.4) is 0 Å². The van der Waals surface area contributed by atoms with Crippen LogP contribution in [-0.4, -0.2) is 66.2 Å². The molecule has 2 heterocycles. The van der Waals surface area contributed by atoms with Crippen molar-refractivity contribution in [2.24, 2.45) is 0 Å². The Morgan fingerprint density at radius 3 is 2.28 bits per heavy atom. The van der Waals surface area contributed by atoms with Gasteiger partial charge < -0.3 is 9.32 Å². The minimum Gasteiger partial charge on any atom is -0.417 e. The van der Waals surface area contributed by atoms with Gasteiger partial charge in [-0.3, -0.25) is 4.79 Å². The molecule has 1 amide bonds. The first-order chi connectivity index (χ1) is 8.38. The lowest BCUT2D eigenvalue weighted by molar-refractivity contribution is 0.0657. The van der Waals surface area contributed by atoms with Crippen molar-refractivity contribution in [3.05, 3.63) is 11.8 Å². The average molecular weight is 274 g/mol. The Bertz CT molecular complexity index is 545. The number of aromatic nitrogens is 2. The topological polar surface area (TPSA) is 96.6 Å². The van der Waals surface area contributed by atoms with Crippen molar-refractivity contribution in [1.82, 2.24) is 19.4 Å². The Morgan fingerprint density at radius 1 is 1.22 bits per heavy atom. The van der Waals surface area contributed by atoms with Crippen LogP contribution in [0.4, 0.5) is 0 Å². The normalized spacial score (nSPS) is 18.0. The molecule has 0 atom stereocenters. The Labute approximate surface area is 105 Å². The quantitative estimate of drug-likeness (QED) is 0.693. The van der Waals surface area contributed by atoms with Gasteiger partial charge in [-0.2, -0.15) is 4.31 Å². The van der Waals surface area contributed by atoms with E-state index in [1.807, 2.05) is 0 Å². The van der Waals surface area contributed by atoms with E-state index in [-0.39, 0.29) is 24.9 Å². The molecule has 2 rings (SSSR count). The Morgan fingerprint density at radius 2 is 1.83 bits per heavy atom. The maximum atomic E-state index is 11.9. The minimum absolute atomic E-state index is 0.0553. The van der Waals surface area contributed by atoms with Gasteiger partial charge >= 0.3 is 11.8 Å². The van der Waals surface area contributed by atoms with Gasteiger partial charge in [-0.15, -0.1) is 10.2 Å². The summed E-state index contributed by atoms with van der Waals surface area (Å²) in [6.07, 6.45) is 1.16. The molecule has 1 saturated heterocycles.